The first-order valence-corrected chi connectivity index (χ1v) is 4.28. The number of rotatable bonds is 4. The first kappa shape index (κ1) is 10.4. The van der Waals surface area contributed by atoms with E-state index in [1.807, 2.05) is 14.0 Å². The van der Waals surface area contributed by atoms with Crippen molar-refractivity contribution in [2.75, 3.05) is 7.05 Å². The first-order valence-electron chi connectivity index (χ1n) is 4.28. The molecule has 0 saturated carbocycles. The van der Waals surface area contributed by atoms with E-state index in [0.717, 1.165) is 12.8 Å². The second-order valence-corrected chi connectivity index (χ2v) is 2.98. The predicted octanol–water partition coefficient (Wildman–Crippen LogP) is 2.02. The van der Waals surface area contributed by atoms with Gasteiger partial charge in [-0.3, -0.25) is 4.90 Å². The molecule has 0 aliphatic rings. The van der Waals surface area contributed by atoms with Gasteiger partial charge in [0.2, 0.25) is 0 Å². The lowest BCUT2D eigenvalue weighted by molar-refractivity contribution is 0.210. The highest BCUT2D eigenvalue weighted by molar-refractivity contribution is 4.90. The van der Waals surface area contributed by atoms with Crippen LogP contribution in [0.1, 0.15) is 33.6 Å². The van der Waals surface area contributed by atoms with Crippen LogP contribution in [-0.4, -0.2) is 24.0 Å². The lowest BCUT2D eigenvalue weighted by Gasteiger charge is -2.27. The highest BCUT2D eigenvalue weighted by atomic mass is 15.1. The van der Waals surface area contributed by atoms with Crippen molar-refractivity contribution in [3.05, 3.63) is 0 Å². The molecule has 2 nitrogen and oxygen atoms in total. The standard InChI is InChI=1S/C9H18N2/c1-5-8(3)11(4)9(6-2)7-10/h8-9H,5-6H2,1-4H3. The molecule has 0 rings (SSSR count). The Labute approximate surface area is 69.8 Å². The minimum Gasteiger partial charge on any atom is -0.288 e. The lowest BCUT2D eigenvalue weighted by Crippen LogP contribution is -2.36. The first-order chi connectivity index (χ1) is 5.17. The van der Waals surface area contributed by atoms with Gasteiger partial charge in [0.05, 0.1) is 12.1 Å². The van der Waals surface area contributed by atoms with E-state index in [9.17, 15) is 0 Å². The summed E-state index contributed by atoms with van der Waals surface area (Å²) >= 11 is 0. The van der Waals surface area contributed by atoms with Crippen molar-refractivity contribution in [2.24, 2.45) is 0 Å². The Bertz CT molecular complexity index is 137. The Morgan fingerprint density at radius 2 is 1.91 bits per heavy atom. The van der Waals surface area contributed by atoms with Gasteiger partial charge in [-0.1, -0.05) is 13.8 Å². The average molecular weight is 154 g/mol. The van der Waals surface area contributed by atoms with Crippen LogP contribution in [0.15, 0.2) is 0 Å². The summed E-state index contributed by atoms with van der Waals surface area (Å²) in [4.78, 5) is 2.14. The maximum Gasteiger partial charge on any atom is 0.0975 e. The van der Waals surface area contributed by atoms with Crippen molar-refractivity contribution in [1.29, 1.82) is 5.26 Å². The molecule has 0 saturated heterocycles. The molecule has 2 heteroatoms. The quantitative estimate of drug-likeness (QED) is 0.619. The van der Waals surface area contributed by atoms with Crippen LogP contribution in [0.4, 0.5) is 0 Å². The van der Waals surface area contributed by atoms with E-state index < -0.39 is 0 Å². The number of nitriles is 1. The number of nitrogens with zero attached hydrogens (tertiary/aromatic N) is 2. The van der Waals surface area contributed by atoms with Crippen LogP contribution in [0.25, 0.3) is 0 Å². The molecule has 0 radical (unpaired) electrons. The van der Waals surface area contributed by atoms with Crippen LogP contribution < -0.4 is 0 Å². The summed E-state index contributed by atoms with van der Waals surface area (Å²) in [6, 6.07) is 2.89. The third-order valence-corrected chi connectivity index (χ3v) is 2.31. The zero-order valence-corrected chi connectivity index (χ0v) is 7.96. The molecule has 64 valence electrons. The van der Waals surface area contributed by atoms with Gasteiger partial charge in [0.1, 0.15) is 0 Å². The molecule has 0 fully saturated rings. The van der Waals surface area contributed by atoms with E-state index in [0.29, 0.717) is 6.04 Å². The summed E-state index contributed by atoms with van der Waals surface area (Å²) < 4.78 is 0. The van der Waals surface area contributed by atoms with Gasteiger partial charge in [-0.15, -0.1) is 0 Å². The fourth-order valence-electron chi connectivity index (χ4n) is 1.07. The molecule has 0 heterocycles. The van der Waals surface area contributed by atoms with Crippen molar-refractivity contribution in [3.8, 4) is 6.07 Å². The van der Waals surface area contributed by atoms with E-state index in [1.165, 1.54) is 0 Å². The molecule has 2 atom stereocenters. The van der Waals surface area contributed by atoms with E-state index in [-0.39, 0.29) is 6.04 Å². The second kappa shape index (κ2) is 5.15. The van der Waals surface area contributed by atoms with Gasteiger partial charge in [-0.05, 0) is 26.8 Å². The SMILES string of the molecule is CCC(C)N(C)C(C#N)CC. The van der Waals surface area contributed by atoms with Gasteiger partial charge < -0.3 is 0 Å². The van der Waals surface area contributed by atoms with Crippen molar-refractivity contribution < 1.29 is 0 Å². The fourth-order valence-corrected chi connectivity index (χ4v) is 1.07. The van der Waals surface area contributed by atoms with Gasteiger partial charge in [-0.2, -0.15) is 5.26 Å². The van der Waals surface area contributed by atoms with E-state index in [1.54, 1.807) is 0 Å². The fraction of sp³-hybridized carbons (Fsp3) is 0.889. The summed E-state index contributed by atoms with van der Waals surface area (Å²) in [7, 11) is 2.02. The molecular weight excluding hydrogens is 136 g/mol. The molecule has 0 bridgehead atoms. The lowest BCUT2D eigenvalue weighted by atomic mass is 10.1. The molecule has 0 amide bonds. The average Bonchev–Trinajstić information content (AvgIpc) is 2.05. The van der Waals surface area contributed by atoms with Crippen LogP contribution in [0, 0.1) is 11.3 Å². The second-order valence-electron chi connectivity index (χ2n) is 2.98. The van der Waals surface area contributed by atoms with Gasteiger partial charge >= 0.3 is 0 Å². The molecule has 0 aromatic heterocycles. The van der Waals surface area contributed by atoms with Gasteiger partial charge in [-0.25, -0.2) is 0 Å². The molecule has 0 aliphatic heterocycles. The summed E-state index contributed by atoms with van der Waals surface area (Å²) in [5.74, 6) is 0. The van der Waals surface area contributed by atoms with Crippen LogP contribution in [-0.2, 0) is 0 Å². The smallest absolute Gasteiger partial charge is 0.0975 e. The Morgan fingerprint density at radius 1 is 1.36 bits per heavy atom. The third kappa shape index (κ3) is 2.90. The monoisotopic (exact) mass is 154 g/mol. The molecule has 0 spiro atoms. The van der Waals surface area contributed by atoms with Gasteiger partial charge in [0, 0.05) is 6.04 Å². The van der Waals surface area contributed by atoms with Crippen LogP contribution in [0.2, 0.25) is 0 Å². The van der Waals surface area contributed by atoms with Crippen LogP contribution >= 0.6 is 0 Å². The minimum absolute atomic E-state index is 0.0879. The number of hydrogen-bond donors (Lipinski definition) is 0. The van der Waals surface area contributed by atoms with Crippen molar-refractivity contribution in [1.82, 2.24) is 4.90 Å². The summed E-state index contributed by atoms with van der Waals surface area (Å²) in [6.45, 7) is 6.35. The molecule has 0 aromatic carbocycles. The number of hydrogen-bond acceptors (Lipinski definition) is 2. The molecule has 0 aromatic rings. The Balaban J connectivity index is 3.99. The Hall–Kier alpha value is -0.550. The zero-order chi connectivity index (χ0) is 8.85. The van der Waals surface area contributed by atoms with Gasteiger partial charge in [0.25, 0.3) is 0 Å². The largest absolute Gasteiger partial charge is 0.288 e. The molecule has 11 heavy (non-hydrogen) atoms. The maximum absolute atomic E-state index is 8.75. The highest BCUT2D eigenvalue weighted by Gasteiger charge is 2.15. The summed E-state index contributed by atoms with van der Waals surface area (Å²) in [5.41, 5.74) is 0. The van der Waals surface area contributed by atoms with Gasteiger partial charge in [0.15, 0.2) is 0 Å². The third-order valence-electron chi connectivity index (χ3n) is 2.31. The van der Waals surface area contributed by atoms with E-state index in [2.05, 4.69) is 24.8 Å². The molecular formula is C9H18N2. The van der Waals surface area contributed by atoms with E-state index >= 15 is 0 Å². The molecule has 0 aliphatic carbocycles. The van der Waals surface area contributed by atoms with Crippen LogP contribution in [0.3, 0.4) is 0 Å². The highest BCUT2D eigenvalue weighted by Crippen LogP contribution is 2.07. The zero-order valence-electron chi connectivity index (χ0n) is 7.96. The normalized spacial score (nSPS) is 16.0. The maximum atomic E-state index is 8.75. The summed E-state index contributed by atoms with van der Waals surface area (Å²) in [6.07, 6.45) is 2.02. The van der Waals surface area contributed by atoms with Crippen molar-refractivity contribution >= 4 is 0 Å². The minimum atomic E-state index is 0.0879. The topological polar surface area (TPSA) is 27.0 Å². The van der Waals surface area contributed by atoms with Crippen molar-refractivity contribution in [2.45, 2.75) is 45.7 Å². The van der Waals surface area contributed by atoms with Crippen LogP contribution in [0.5, 0.6) is 0 Å². The summed E-state index contributed by atoms with van der Waals surface area (Å²) in [5, 5.41) is 8.75. The molecule has 0 N–H and O–H groups in total. The van der Waals surface area contributed by atoms with Crippen molar-refractivity contribution in [3.63, 3.8) is 0 Å². The Morgan fingerprint density at radius 3 is 2.18 bits per heavy atom. The predicted molar refractivity (Wildman–Crippen MR) is 47.2 cm³/mol. The van der Waals surface area contributed by atoms with E-state index in [4.69, 9.17) is 5.26 Å². The molecule has 2 unspecified atom stereocenters. The Kier molecular flexibility index (Phi) is 4.89.